The van der Waals surface area contributed by atoms with Gasteiger partial charge in [-0.15, -0.1) is 0 Å². The van der Waals surface area contributed by atoms with Crippen LogP contribution in [0.3, 0.4) is 0 Å². The highest BCUT2D eigenvalue weighted by Gasteiger charge is 2.07. The van der Waals surface area contributed by atoms with Crippen molar-refractivity contribution in [1.82, 2.24) is 0 Å². The van der Waals surface area contributed by atoms with E-state index in [-0.39, 0.29) is 5.78 Å². The van der Waals surface area contributed by atoms with Gasteiger partial charge in [-0.05, 0) is 19.1 Å². The lowest BCUT2D eigenvalue weighted by atomic mass is 10.1. The van der Waals surface area contributed by atoms with Crippen molar-refractivity contribution in [1.29, 1.82) is 0 Å². The molecule has 1 rings (SSSR count). The van der Waals surface area contributed by atoms with E-state index in [0.29, 0.717) is 11.3 Å². The minimum Gasteiger partial charge on any atom is -0.465 e. The van der Waals surface area contributed by atoms with Crippen LogP contribution in [0.5, 0.6) is 0 Å². The van der Waals surface area contributed by atoms with Gasteiger partial charge in [0.1, 0.15) is 0 Å². The summed E-state index contributed by atoms with van der Waals surface area (Å²) in [6, 6.07) is 6.47. The molecule has 0 saturated carbocycles. The van der Waals surface area contributed by atoms with Crippen molar-refractivity contribution < 1.29 is 14.7 Å². The van der Waals surface area contributed by atoms with Gasteiger partial charge in [-0.3, -0.25) is 10.1 Å². The first-order chi connectivity index (χ1) is 6.11. The molecule has 0 fully saturated rings. The van der Waals surface area contributed by atoms with E-state index in [2.05, 4.69) is 5.32 Å². The standard InChI is InChI=1S/C9H9NO3/c1-6(11)7-4-2-3-5-8(7)10-9(12)13/h2-5,10H,1H3,(H,12,13). The molecule has 1 amide bonds. The lowest BCUT2D eigenvalue weighted by Gasteiger charge is -2.04. The molecule has 0 spiro atoms. The molecule has 4 nitrogen and oxygen atoms in total. The molecule has 0 saturated heterocycles. The Labute approximate surface area is 75.2 Å². The monoisotopic (exact) mass is 179 g/mol. The number of benzene rings is 1. The third kappa shape index (κ3) is 2.30. The summed E-state index contributed by atoms with van der Waals surface area (Å²) in [4.78, 5) is 21.3. The summed E-state index contributed by atoms with van der Waals surface area (Å²) in [6.45, 7) is 1.39. The number of para-hydroxylation sites is 1. The summed E-state index contributed by atoms with van der Waals surface area (Å²) in [6.07, 6.45) is -1.17. The van der Waals surface area contributed by atoms with Crippen LogP contribution in [0.4, 0.5) is 10.5 Å². The fourth-order valence-electron chi connectivity index (χ4n) is 1.01. The van der Waals surface area contributed by atoms with Gasteiger partial charge in [-0.25, -0.2) is 4.79 Å². The van der Waals surface area contributed by atoms with Crippen LogP contribution in [0, 0.1) is 0 Å². The number of amides is 1. The van der Waals surface area contributed by atoms with Gasteiger partial charge >= 0.3 is 6.09 Å². The first kappa shape index (κ1) is 9.25. The Hall–Kier alpha value is -1.84. The number of carboxylic acid groups (broad SMARTS) is 1. The van der Waals surface area contributed by atoms with Gasteiger partial charge in [0.15, 0.2) is 5.78 Å². The van der Waals surface area contributed by atoms with Crippen molar-refractivity contribution in [3.63, 3.8) is 0 Å². The summed E-state index contributed by atoms with van der Waals surface area (Å²) in [5.41, 5.74) is 0.701. The average Bonchev–Trinajstić information content (AvgIpc) is 2.03. The molecule has 0 bridgehead atoms. The molecular formula is C9H9NO3. The third-order valence-corrected chi connectivity index (χ3v) is 1.55. The molecule has 13 heavy (non-hydrogen) atoms. The number of anilines is 1. The maximum atomic E-state index is 11.0. The van der Waals surface area contributed by atoms with Crippen LogP contribution >= 0.6 is 0 Å². The minimum absolute atomic E-state index is 0.163. The first-order valence-corrected chi connectivity index (χ1v) is 3.71. The topological polar surface area (TPSA) is 66.4 Å². The number of ketones is 1. The van der Waals surface area contributed by atoms with Crippen LogP contribution in [-0.2, 0) is 0 Å². The van der Waals surface area contributed by atoms with Crippen molar-refractivity contribution in [3.05, 3.63) is 29.8 Å². The highest BCUT2D eigenvalue weighted by molar-refractivity contribution is 6.02. The van der Waals surface area contributed by atoms with Gasteiger partial charge in [0, 0.05) is 5.56 Å². The predicted octanol–water partition coefficient (Wildman–Crippen LogP) is 1.98. The normalized spacial score (nSPS) is 9.31. The Morgan fingerprint density at radius 2 is 1.92 bits per heavy atom. The second-order valence-electron chi connectivity index (χ2n) is 2.53. The van der Waals surface area contributed by atoms with Crippen molar-refractivity contribution >= 4 is 17.6 Å². The number of Topliss-reactive ketones (excluding diaryl/α,β-unsaturated/α-hetero) is 1. The van der Waals surface area contributed by atoms with Crippen LogP contribution in [0.1, 0.15) is 17.3 Å². The molecule has 68 valence electrons. The number of hydrogen-bond acceptors (Lipinski definition) is 2. The highest BCUT2D eigenvalue weighted by Crippen LogP contribution is 2.14. The van der Waals surface area contributed by atoms with Gasteiger partial charge in [-0.2, -0.15) is 0 Å². The van der Waals surface area contributed by atoms with Crippen LogP contribution in [0.2, 0.25) is 0 Å². The molecule has 0 aliphatic heterocycles. The average molecular weight is 179 g/mol. The molecule has 0 radical (unpaired) electrons. The van der Waals surface area contributed by atoms with Crippen molar-refractivity contribution in [2.45, 2.75) is 6.92 Å². The van der Waals surface area contributed by atoms with E-state index in [0.717, 1.165) is 0 Å². The van der Waals surface area contributed by atoms with E-state index in [4.69, 9.17) is 5.11 Å². The largest absolute Gasteiger partial charge is 0.465 e. The van der Waals surface area contributed by atoms with E-state index in [1.165, 1.54) is 6.92 Å². The van der Waals surface area contributed by atoms with Gasteiger partial charge < -0.3 is 5.11 Å². The zero-order valence-electron chi connectivity index (χ0n) is 7.07. The van der Waals surface area contributed by atoms with Crippen LogP contribution < -0.4 is 5.32 Å². The van der Waals surface area contributed by atoms with Crippen LogP contribution in [-0.4, -0.2) is 17.0 Å². The Bertz CT molecular complexity index is 346. The molecule has 1 aromatic rings. The second-order valence-corrected chi connectivity index (χ2v) is 2.53. The number of nitrogens with one attached hydrogen (secondary N) is 1. The van der Waals surface area contributed by atoms with E-state index in [1.807, 2.05) is 0 Å². The predicted molar refractivity (Wildman–Crippen MR) is 48.1 cm³/mol. The number of hydrogen-bond donors (Lipinski definition) is 2. The molecule has 0 atom stereocenters. The summed E-state index contributed by atoms with van der Waals surface area (Å²) < 4.78 is 0. The number of rotatable bonds is 2. The maximum Gasteiger partial charge on any atom is 0.409 e. The summed E-state index contributed by atoms with van der Waals surface area (Å²) in [5, 5.41) is 10.6. The van der Waals surface area contributed by atoms with E-state index >= 15 is 0 Å². The quantitative estimate of drug-likeness (QED) is 0.682. The fraction of sp³-hybridized carbons (Fsp3) is 0.111. The Balaban J connectivity index is 3.04. The lowest BCUT2D eigenvalue weighted by molar-refractivity contribution is 0.101. The molecule has 0 heterocycles. The van der Waals surface area contributed by atoms with E-state index in [1.54, 1.807) is 24.3 Å². The summed E-state index contributed by atoms with van der Waals surface area (Å²) >= 11 is 0. The van der Waals surface area contributed by atoms with E-state index in [9.17, 15) is 9.59 Å². The van der Waals surface area contributed by atoms with Crippen molar-refractivity contribution in [3.8, 4) is 0 Å². The molecule has 0 unspecified atom stereocenters. The second kappa shape index (κ2) is 3.71. The maximum absolute atomic E-state index is 11.0. The lowest BCUT2D eigenvalue weighted by Crippen LogP contribution is -2.10. The Morgan fingerprint density at radius 3 is 2.46 bits per heavy atom. The first-order valence-electron chi connectivity index (χ1n) is 3.71. The minimum atomic E-state index is -1.17. The smallest absolute Gasteiger partial charge is 0.409 e. The van der Waals surface area contributed by atoms with E-state index < -0.39 is 6.09 Å². The van der Waals surface area contributed by atoms with Crippen molar-refractivity contribution in [2.24, 2.45) is 0 Å². The number of carbonyl (C=O) groups excluding carboxylic acids is 1. The fourth-order valence-corrected chi connectivity index (χ4v) is 1.01. The van der Waals surface area contributed by atoms with Crippen LogP contribution in [0.25, 0.3) is 0 Å². The summed E-state index contributed by atoms with van der Waals surface area (Å²) in [7, 11) is 0. The molecule has 2 N–H and O–H groups in total. The zero-order chi connectivity index (χ0) is 9.84. The molecule has 0 aliphatic rings. The molecular weight excluding hydrogens is 170 g/mol. The van der Waals surface area contributed by atoms with Gasteiger partial charge in [0.25, 0.3) is 0 Å². The summed E-state index contributed by atoms with van der Waals surface area (Å²) in [5.74, 6) is -0.163. The zero-order valence-corrected chi connectivity index (χ0v) is 7.07. The van der Waals surface area contributed by atoms with Crippen molar-refractivity contribution in [2.75, 3.05) is 5.32 Å². The third-order valence-electron chi connectivity index (χ3n) is 1.55. The Kier molecular flexibility index (Phi) is 2.64. The molecule has 0 aromatic heterocycles. The highest BCUT2D eigenvalue weighted by atomic mass is 16.4. The number of carbonyl (C=O) groups is 2. The molecule has 1 aromatic carbocycles. The Morgan fingerprint density at radius 1 is 1.31 bits per heavy atom. The van der Waals surface area contributed by atoms with Gasteiger partial charge in [0.2, 0.25) is 0 Å². The van der Waals surface area contributed by atoms with Crippen LogP contribution in [0.15, 0.2) is 24.3 Å². The van der Waals surface area contributed by atoms with Gasteiger partial charge in [-0.1, -0.05) is 12.1 Å². The molecule has 4 heteroatoms. The SMILES string of the molecule is CC(=O)c1ccccc1NC(=O)O. The van der Waals surface area contributed by atoms with Gasteiger partial charge in [0.05, 0.1) is 5.69 Å². The molecule has 0 aliphatic carbocycles.